The Hall–Kier alpha value is -1.16. The smallest absolute Gasteiger partial charge is 0.104 e. The fourth-order valence-corrected chi connectivity index (χ4v) is 2.55. The van der Waals surface area contributed by atoms with E-state index in [1.54, 1.807) is 7.11 Å². The first-order chi connectivity index (χ1) is 9.61. The fourth-order valence-electron chi connectivity index (χ4n) is 2.17. The Labute approximate surface area is 128 Å². The summed E-state index contributed by atoms with van der Waals surface area (Å²) in [5, 5.41) is 10.5. The first kappa shape index (κ1) is 15.2. The average Bonchev–Trinajstić information content (AvgIpc) is 2.47. The summed E-state index contributed by atoms with van der Waals surface area (Å²) in [5.41, 5.74) is 4.15. The number of aliphatic hydroxyl groups excluding tert-OH is 1. The molecule has 0 aromatic heterocycles. The summed E-state index contributed by atoms with van der Waals surface area (Å²) in [6, 6.07) is 14.0. The summed E-state index contributed by atoms with van der Waals surface area (Å²) in [4.78, 5) is 0. The van der Waals surface area contributed by atoms with E-state index in [1.165, 1.54) is 5.56 Å². The van der Waals surface area contributed by atoms with Gasteiger partial charge in [0.25, 0.3) is 0 Å². The zero-order valence-corrected chi connectivity index (χ0v) is 13.4. The zero-order chi connectivity index (χ0) is 14.5. The number of halogens is 1. The van der Waals surface area contributed by atoms with E-state index in [-0.39, 0.29) is 0 Å². The van der Waals surface area contributed by atoms with Gasteiger partial charge in [0, 0.05) is 11.6 Å². The van der Waals surface area contributed by atoms with Gasteiger partial charge in [-0.2, -0.15) is 0 Å². The van der Waals surface area contributed by atoms with Crippen molar-refractivity contribution in [2.24, 2.45) is 0 Å². The standard InChI is InChI=1S/C17H19BrO2/c1-12-3-8-15(18)11-16(12)17(19)14-6-4-13(5-7-14)9-10-20-2/h3-8,11,17,19H,9-10H2,1-2H3. The Kier molecular flexibility index (Phi) is 5.35. The van der Waals surface area contributed by atoms with Crippen molar-refractivity contribution >= 4 is 15.9 Å². The maximum absolute atomic E-state index is 10.5. The van der Waals surface area contributed by atoms with Crippen molar-refractivity contribution in [1.82, 2.24) is 0 Å². The number of aryl methyl sites for hydroxylation is 1. The molecule has 2 aromatic rings. The van der Waals surface area contributed by atoms with Crippen molar-refractivity contribution in [3.05, 3.63) is 69.2 Å². The van der Waals surface area contributed by atoms with E-state index in [2.05, 4.69) is 15.9 Å². The largest absolute Gasteiger partial charge is 0.384 e. The number of aliphatic hydroxyl groups is 1. The molecule has 0 heterocycles. The number of methoxy groups -OCH3 is 1. The topological polar surface area (TPSA) is 29.5 Å². The van der Waals surface area contributed by atoms with E-state index in [1.807, 2.05) is 49.4 Å². The van der Waals surface area contributed by atoms with E-state index in [9.17, 15) is 5.11 Å². The minimum Gasteiger partial charge on any atom is -0.384 e. The van der Waals surface area contributed by atoms with E-state index in [0.29, 0.717) is 6.61 Å². The van der Waals surface area contributed by atoms with Crippen LogP contribution in [-0.4, -0.2) is 18.8 Å². The van der Waals surface area contributed by atoms with Gasteiger partial charge >= 0.3 is 0 Å². The second-order valence-electron chi connectivity index (χ2n) is 4.89. The molecular formula is C17H19BrO2. The molecule has 3 heteroatoms. The van der Waals surface area contributed by atoms with Crippen molar-refractivity contribution in [3.8, 4) is 0 Å². The molecule has 2 rings (SSSR count). The van der Waals surface area contributed by atoms with Gasteiger partial charge in [-0.15, -0.1) is 0 Å². The summed E-state index contributed by atoms with van der Waals surface area (Å²) < 4.78 is 6.05. The summed E-state index contributed by atoms with van der Waals surface area (Å²) in [6.45, 7) is 2.73. The molecule has 20 heavy (non-hydrogen) atoms. The molecule has 1 atom stereocenters. The Morgan fingerprint density at radius 2 is 1.85 bits per heavy atom. The van der Waals surface area contributed by atoms with Gasteiger partial charge in [-0.05, 0) is 47.7 Å². The molecule has 0 aliphatic rings. The molecule has 1 N–H and O–H groups in total. The van der Waals surface area contributed by atoms with Gasteiger partial charge in [-0.25, -0.2) is 0 Å². The van der Waals surface area contributed by atoms with Gasteiger partial charge in [0.05, 0.1) is 6.61 Å². The van der Waals surface area contributed by atoms with E-state index < -0.39 is 6.10 Å². The lowest BCUT2D eigenvalue weighted by Crippen LogP contribution is -2.02. The third-order valence-corrected chi connectivity index (χ3v) is 3.92. The molecular weight excluding hydrogens is 316 g/mol. The molecule has 0 fully saturated rings. The minimum atomic E-state index is -0.594. The van der Waals surface area contributed by atoms with Crippen LogP contribution in [0.3, 0.4) is 0 Å². The molecule has 0 radical (unpaired) electrons. The van der Waals surface area contributed by atoms with Gasteiger partial charge in [0.2, 0.25) is 0 Å². The third kappa shape index (κ3) is 3.69. The summed E-state index contributed by atoms with van der Waals surface area (Å²) in [7, 11) is 1.70. The van der Waals surface area contributed by atoms with Gasteiger partial charge in [0.1, 0.15) is 6.10 Å². The van der Waals surface area contributed by atoms with Gasteiger partial charge in [-0.1, -0.05) is 46.3 Å². The van der Waals surface area contributed by atoms with Crippen LogP contribution < -0.4 is 0 Å². The van der Waals surface area contributed by atoms with Crippen LogP contribution in [0.1, 0.15) is 28.4 Å². The molecule has 0 spiro atoms. The zero-order valence-electron chi connectivity index (χ0n) is 11.8. The lowest BCUT2D eigenvalue weighted by atomic mass is 9.96. The second-order valence-corrected chi connectivity index (χ2v) is 5.80. The van der Waals surface area contributed by atoms with Crippen LogP contribution in [0.25, 0.3) is 0 Å². The minimum absolute atomic E-state index is 0.594. The van der Waals surface area contributed by atoms with Gasteiger partial charge < -0.3 is 9.84 Å². The molecule has 2 aromatic carbocycles. The van der Waals surface area contributed by atoms with Crippen molar-refractivity contribution in [3.63, 3.8) is 0 Å². The quantitative estimate of drug-likeness (QED) is 0.894. The maximum Gasteiger partial charge on any atom is 0.104 e. The van der Waals surface area contributed by atoms with E-state index in [0.717, 1.165) is 27.6 Å². The Balaban J connectivity index is 2.20. The van der Waals surface area contributed by atoms with Crippen molar-refractivity contribution < 1.29 is 9.84 Å². The predicted molar refractivity (Wildman–Crippen MR) is 85.0 cm³/mol. The normalized spacial score (nSPS) is 12.4. The van der Waals surface area contributed by atoms with Crippen molar-refractivity contribution in [2.75, 3.05) is 13.7 Å². The molecule has 1 unspecified atom stereocenters. The molecule has 0 bridgehead atoms. The summed E-state index contributed by atoms with van der Waals surface area (Å²) in [5.74, 6) is 0. The number of rotatable bonds is 5. The first-order valence-electron chi connectivity index (χ1n) is 6.63. The Bertz CT molecular complexity index is 564. The highest BCUT2D eigenvalue weighted by Crippen LogP contribution is 2.27. The first-order valence-corrected chi connectivity index (χ1v) is 7.43. The molecule has 2 nitrogen and oxygen atoms in total. The average molecular weight is 335 g/mol. The van der Waals surface area contributed by atoms with Crippen molar-refractivity contribution in [2.45, 2.75) is 19.4 Å². The van der Waals surface area contributed by atoms with Crippen molar-refractivity contribution in [1.29, 1.82) is 0 Å². The highest BCUT2D eigenvalue weighted by molar-refractivity contribution is 9.10. The van der Waals surface area contributed by atoms with E-state index in [4.69, 9.17) is 4.74 Å². The van der Waals surface area contributed by atoms with Gasteiger partial charge in [-0.3, -0.25) is 0 Å². The predicted octanol–water partition coefficient (Wildman–Crippen LogP) is 4.03. The van der Waals surface area contributed by atoms with Crippen LogP contribution >= 0.6 is 15.9 Å². The number of hydrogen-bond acceptors (Lipinski definition) is 2. The lowest BCUT2D eigenvalue weighted by Gasteiger charge is -2.15. The van der Waals surface area contributed by atoms with Crippen LogP contribution in [0.4, 0.5) is 0 Å². The maximum atomic E-state index is 10.5. The fraction of sp³-hybridized carbons (Fsp3) is 0.294. The van der Waals surface area contributed by atoms with Crippen LogP contribution in [-0.2, 0) is 11.2 Å². The highest BCUT2D eigenvalue weighted by Gasteiger charge is 2.13. The number of benzene rings is 2. The van der Waals surface area contributed by atoms with Crippen LogP contribution in [0.2, 0.25) is 0 Å². The molecule has 0 saturated carbocycles. The second kappa shape index (κ2) is 7.02. The SMILES string of the molecule is COCCc1ccc(C(O)c2cc(Br)ccc2C)cc1. The molecule has 0 saturated heterocycles. The monoisotopic (exact) mass is 334 g/mol. The highest BCUT2D eigenvalue weighted by atomic mass is 79.9. The Morgan fingerprint density at radius 1 is 1.15 bits per heavy atom. The third-order valence-electron chi connectivity index (χ3n) is 3.43. The molecule has 0 aliphatic carbocycles. The summed E-state index contributed by atoms with van der Waals surface area (Å²) in [6.07, 6.45) is 0.298. The van der Waals surface area contributed by atoms with Crippen LogP contribution in [0.15, 0.2) is 46.9 Å². The molecule has 0 aliphatic heterocycles. The Morgan fingerprint density at radius 3 is 2.50 bits per heavy atom. The number of ether oxygens (including phenoxy) is 1. The van der Waals surface area contributed by atoms with Crippen LogP contribution in [0, 0.1) is 6.92 Å². The number of hydrogen-bond donors (Lipinski definition) is 1. The van der Waals surface area contributed by atoms with Gasteiger partial charge in [0.15, 0.2) is 0 Å². The van der Waals surface area contributed by atoms with Crippen LogP contribution in [0.5, 0.6) is 0 Å². The lowest BCUT2D eigenvalue weighted by molar-refractivity contribution is 0.202. The molecule has 106 valence electrons. The molecule has 0 amide bonds. The van der Waals surface area contributed by atoms with E-state index >= 15 is 0 Å². The summed E-state index contributed by atoms with van der Waals surface area (Å²) >= 11 is 3.45.